The van der Waals surface area contributed by atoms with Gasteiger partial charge in [0.05, 0.1) is 0 Å². The van der Waals surface area contributed by atoms with Gasteiger partial charge in [-0.3, -0.25) is 0 Å². The summed E-state index contributed by atoms with van der Waals surface area (Å²) in [6.45, 7) is 6.36. The summed E-state index contributed by atoms with van der Waals surface area (Å²) < 4.78 is 18.7. The number of fused-ring (bicyclic) bond motifs is 1. The number of hydrogen-bond acceptors (Lipinski definition) is 3. The second kappa shape index (κ2) is 7.44. The molecule has 3 rings (SSSR count). The number of hydrogen-bond donors (Lipinski definition) is 0. The molecule has 0 saturated heterocycles. The average molecular weight is 356 g/mol. The Balaban J connectivity index is 1.89. The van der Waals surface area contributed by atoms with E-state index < -0.39 is 0 Å². The van der Waals surface area contributed by atoms with Gasteiger partial charge in [0, 0.05) is 23.0 Å². The lowest BCUT2D eigenvalue weighted by atomic mass is 9.95. The van der Waals surface area contributed by atoms with Crippen molar-refractivity contribution in [2.24, 2.45) is 0 Å². The molecule has 1 aromatic heterocycles. The molecule has 0 aliphatic heterocycles. The molecule has 0 aliphatic carbocycles. The highest BCUT2D eigenvalue weighted by Crippen LogP contribution is 2.29. The van der Waals surface area contributed by atoms with E-state index in [1.807, 2.05) is 19.1 Å². The molecule has 0 unspecified atom stereocenters. The fourth-order valence-electron chi connectivity index (χ4n) is 3.04. The summed E-state index contributed by atoms with van der Waals surface area (Å²) in [5.41, 5.74) is 4.61. The standard InChI is InChI=1S/C21H21FO2S/c1-13(2)18-10-19-16(9-21(23)24-20(19)7-14(18)3)12-25-11-15-5-4-6-17(22)8-15/h4-10,13H,11-12H2,1-3H3. The lowest BCUT2D eigenvalue weighted by Gasteiger charge is -2.13. The lowest BCUT2D eigenvalue weighted by molar-refractivity contribution is 0.559. The third kappa shape index (κ3) is 4.13. The van der Waals surface area contributed by atoms with Crippen LogP contribution in [0.5, 0.6) is 0 Å². The smallest absolute Gasteiger partial charge is 0.336 e. The van der Waals surface area contributed by atoms with E-state index in [0.29, 0.717) is 23.0 Å². The summed E-state index contributed by atoms with van der Waals surface area (Å²) in [6.07, 6.45) is 0. The zero-order valence-electron chi connectivity index (χ0n) is 14.6. The number of aryl methyl sites for hydroxylation is 1. The summed E-state index contributed by atoms with van der Waals surface area (Å²) in [6, 6.07) is 12.3. The minimum Gasteiger partial charge on any atom is -0.423 e. The molecule has 25 heavy (non-hydrogen) atoms. The molecule has 1 heterocycles. The maximum atomic E-state index is 13.3. The third-order valence-electron chi connectivity index (χ3n) is 4.25. The largest absolute Gasteiger partial charge is 0.423 e. The zero-order valence-corrected chi connectivity index (χ0v) is 15.5. The van der Waals surface area contributed by atoms with Crippen LogP contribution in [0, 0.1) is 12.7 Å². The van der Waals surface area contributed by atoms with Gasteiger partial charge in [0.1, 0.15) is 11.4 Å². The Morgan fingerprint density at radius 2 is 1.92 bits per heavy atom. The van der Waals surface area contributed by atoms with E-state index in [1.54, 1.807) is 30.0 Å². The van der Waals surface area contributed by atoms with Gasteiger partial charge in [0.2, 0.25) is 0 Å². The Bertz CT molecular complexity index is 960. The molecular weight excluding hydrogens is 335 g/mol. The van der Waals surface area contributed by atoms with Gasteiger partial charge in [-0.25, -0.2) is 9.18 Å². The van der Waals surface area contributed by atoms with Crippen LogP contribution in [-0.2, 0) is 11.5 Å². The first-order valence-electron chi connectivity index (χ1n) is 8.33. The topological polar surface area (TPSA) is 30.2 Å². The molecular formula is C21H21FO2S. The van der Waals surface area contributed by atoms with Crippen LogP contribution in [-0.4, -0.2) is 0 Å². The Morgan fingerprint density at radius 1 is 1.12 bits per heavy atom. The molecule has 3 aromatic rings. The number of benzene rings is 2. The van der Waals surface area contributed by atoms with E-state index in [9.17, 15) is 9.18 Å². The monoisotopic (exact) mass is 356 g/mol. The van der Waals surface area contributed by atoms with Crippen LogP contribution in [0.4, 0.5) is 4.39 Å². The molecule has 0 amide bonds. The molecule has 0 aliphatic rings. The third-order valence-corrected chi connectivity index (χ3v) is 5.31. The molecule has 130 valence electrons. The molecule has 0 atom stereocenters. The fourth-order valence-corrected chi connectivity index (χ4v) is 4.01. The summed E-state index contributed by atoms with van der Waals surface area (Å²) in [7, 11) is 0. The first-order chi connectivity index (χ1) is 11.9. The normalized spacial score (nSPS) is 11.4. The van der Waals surface area contributed by atoms with Gasteiger partial charge in [-0.15, -0.1) is 0 Å². The molecule has 0 fully saturated rings. The van der Waals surface area contributed by atoms with Gasteiger partial charge in [-0.05, 0) is 59.4 Å². The second-order valence-corrected chi connectivity index (χ2v) is 7.56. The van der Waals surface area contributed by atoms with Crippen molar-refractivity contribution in [2.75, 3.05) is 0 Å². The van der Waals surface area contributed by atoms with Crippen LogP contribution in [0.3, 0.4) is 0 Å². The zero-order chi connectivity index (χ0) is 18.0. The average Bonchev–Trinajstić information content (AvgIpc) is 2.53. The molecule has 4 heteroatoms. The Kier molecular flexibility index (Phi) is 5.28. The summed E-state index contributed by atoms with van der Waals surface area (Å²) in [5, 5.41) is 0.987. The predicted octanol–water partition coefficient (Wildman–Crippen LogP) is 5.80. The molecule has 0 N–H and O–H groups in total. The van der Waals surface area contributed by atoms with Gasteiger partial charge in [-0.2, -0.15) is 11.8 Å². The van der Waals surface area contributed by atoms with Crippen LogP contribution >= 0.6 is 11.8 Å². The first-order valence-corrected chi connectivity index (χ1v) is 9.49. The van der Waals surface area contributed by atoms with E-state index in [1.165, 1.54) is 11.6 Å². The van der Waals surface area contributed by atoms with Gasteiger partial charge < -0.3 is 4.42 Å². The van der Waals surface area contributed by atoms with Crippen molar-refractivity contribution in [2.45, 2.75) is 38.2 Å². The van der Waals surface area contributed by atoms with Gasteiger partial charge >= 0.3 is 5.63 Å². The van der Waals surface area contributed by atoms with Gasteiger partial charge in [0.25, 0.3) is 0 Å². The highest BCUT2D eigenvalue weighted by atomic mass is 32.2. The van der Waals surface area contributed by atoms with Crippen molar-refractivity contribution in [3.05, 3.63) is 81.0 Å². The molecule has 0 radical (unpaired) electrons. The minimum atomic E-state index is -0.328. The second-order valence-electron chi connectivity index (χ2n) is 6.57. The maximum Gasteiger partial charge on any atom is 0.336 e. The summed E-state index contributed by atoms with van der Waals surface area (Å²) in [4.78, 5) is 11.9. The van der Waals surface area contributed by atoms with Crippen molar-refractivity contribution in [3.63, 3.8) is 0 Å². The van der Waals surface area contributed by atoms with Crippen molar-refractivity contribution in [1.29, 1.82) is 0 Å². The van der Waals surface area contributed by atoms with Crippen LogP contribution in [0.1, 0.15) is 42.0 Å². The number of rotatable bonds is 5. The quantitative estimate of drug-likeness (QED) is 0.541. The predicted molar refractivity (Wildman–Crippen MR) is 103 cm³/mol. The van der Waals surface area contributed by atoms with Crippen molar-refractivity contribution >= 4 is 22.7 Å². The van der Waals surface area contributed by atoms with Crippen LogP contribution < -0.4 is 5.63 Å². The summed E-state index contributed by atoms with van der Waals surface area (Å²) in [5.74, 6) is 1.56. The summed E-state index contributed by atoms with van der Waals surface area (Å²) >= 11 is 1.66. The van der Waals surface area contributed by atoms with Crippen LogP contribution in [0.2, 0.25) is 0 Å². The van der Waals surface area contributed by atoms with E-state index in [4.69, 9.17) is 4.42 Å². The van der Waals surface area contributed by atoms with E-state index in [0.717, 1.165) is 22.1 Å². The minimum absolute atomic E-state index is 0.221. The first kappa shape index (κ1) is 17.7. The lowest BCUT2D eigenvalue weighted by Crippen LogP contribution is -2.02. The molecule has 0 spiro atoms. The number of thioether (sulfide) groups is 1. The van der Waals surface area contributed by atoms with Crippen molar-refractivity contribution in [1.82, 2.24) is 0 Å². The van der Waals surface area contributed by atoms with Crippen LogP contribution in [0.15, 0.2) is 51.7 Å². The van der Waals surface area contributed by atoms with Crippen LogP contribution in [0.25, 0.3) is 11.0 Å². The van der Waals surface area contributed by atoms with Crippen molar-refractivity contribution in [3.8, 4) is 0 Å². The van der Waals surface area contributed by atoms with Crippen molar-refractivity contribution < 1.29 is 8.81 Å². The van der Waals surface area contributed by atoms with E-state index in [2.05, 4.69) is 19.9 Å². The molecule has 2 nitrogen and oxygen atoms in total. The molecule has 2 aromatic carbocycles. The molecule has 0 bridgehead atoms. The van der Waals surface area contributed by atoms with E-state index >= 15 is 0 Å². The molecule has 0 saturated carbocycles. The highest BCUT2D eigenvalue weighted by Gasteiger charge is 2.11. The fraction of sp³-hybridized carbons (Fsp3) is 0.286. The van der Waals surface area contributed by atoms with E-state index in [-0.39, 0.29) is 11.4 Å². The Morgan fingerprint density at radius 3 is 2.64 bits per heavy atom. The highest BCUT2D eigenvalue weighted by molar-refractivity contribution is 7.97. The van der Waals surface area contributed by atoms with Gasteiger partial charge in [-0.1, -0.05) is 26.0 Å². The number of halogens is 1. The SMILES string of the molecule is Cc1cc2oc(=O)cc(CSCc3cccc(F)c3)c2cc1C(C)C. The Hall–Kier alpha value is -2.07. The van der Waals surface area contributed by atoms with Gasteiger partial charge in [0.15, 0.2) is 0 Å². The Labute approximate surface area is 151 Å². The maximum absolute atomic E-state index is 13.3.